The van der Waals surface area contributed by atoms with Gasteiger partial charge in [0.25, 0.3) is 0 Å². The van der Waals surface area contributed by atoms with Gasteiger partial charge >= 0.3 is 0 Å². The van der Waals surface area contributed by atoms with E-state index in [0.29, 0.717) is 10.7 Å². The van der Waals surface area contributed by atoms with E-state index in [1.54, 1.807) is 0 Å². The van der Waals surface area contributed by atoms with E-state index in [-0.39, 0.29) is 0 Å². The summed E-state index contributed by atoms with van der Waals surface area (Å²) in [5.41, 5.74) is 2.91. The highest BCUT2D eigenvalue weighted by molar-refractivity contribution is 9.09. The molecule has 1 saturated carbocycles. The Labute approximate surface area is 139 Å². The molecule has 1 aliphatic rings. The van der Waals surface area contributed by atoms with Crippen LogP contribution in [0, 0.1) is 11.8 Å². The van der Waals surface area contributed by atoms with Crippen molar-refractivity contribution in [3.63, 3.8) is 0 Å². The van der Waals surface area contributed by atoms with Gasteiger partial charge in [-0.15, -0.1) is 0 Å². The molecule has 0 bridgehead atoms. The SMILES string of the molecule is CCCCC1CCC(C(Br)c2ccc(C(C)C)cc2)CC1. The minimum absolute atomic E-state index is 0.547. The standard InChI is InChI=1S/C20H31Br/c1-4-5-6-16-7-9-18(10-8-16)20(21)19-13-11-17(12-14-19)15(2)3/h11-16,18,20H,4-10H2,1-3H3. The van der Waals surface area contributed by atoms with Crippen molar-refractivity contribution in [2.75, 3.05) is 0 Å². The molecular weight excluding hydrogens is 320 g/mol. The van der Waals surface area contributed by atoms with E-state index in [0.717, 1.165) is 11.8 Å². The molecule has 1 fully saturated rings. The smallest absolute Gasteiger partial charge is 0.0423 e. The maximum atomic E-state index is 3.98. The summed E-state index contributed by atoms with van der Waals surface area (Å²) in [6, 6.07) is 9.28. The average Bonchev–Trinajstić information content (AvgIpc) is 2.53. The van der Waals surface area contributed by atoms with Gasteiger partial charge in [0.15, 0.2) is 0 Å². The second-order valence-electron chi connectivity index (χ2n) is 7.15. The molecule has 1 aromatic rings. The fourth-order valence-corrected chi connectivity index (χ4v) is 4.43. The number of halogens is 1. The number of unbranched alkanes of at least 4 members (excludes halogenated alkanes) is 1. The highest BCUT2D eigenvalue weighted by atomic mass is 79.9. The maximum Gasteiger partial charge on any atom is 0.0423 e. The van der Waals surface area contributed by atoms with Crippen molar-refractivity contribution in [2.45, 2.75) is 76.5 Å². The van der Waals surface area contributed by atoms with Gasteiger partial charge < -0.3 is 0 Å². The van der Waals surface area contributed by atoms with Crippen molar-refractivity contribution in [3.8, 4) is 0 Å². The van der Waals surface area contributed by atoms with Crippen molar-refractivity contribution < 1.29 is 0 Å². The Morgan fingerprint density at radius 1 is 1.00 bits per heavy atom. The third-order valence-corrected chi connectivity index (χ3v) is 6.47. The number of benzene rings is 1. The van der Waals surface area contributed by atoms with Crippen LogP contribution in [-0.4, -0.2) is 0 Å². The lowest BCUT2D eigenvalue weighted by Crippen LogP contribution is -2.18. The summed E-state index contributed by atoms with van der Waals surface area (Å²) in [6.07, 6.45) is 9.91. The lowest BCUT2D eigenvalue weighted by atomic mass is 9.77. The van der Waals surface area contributed by atoms with Crippen LogP contribution in [0.4, 0.5) is 0 Å². The van der Waals surface area contributed by atoms with Crippen LogP contribution in [0.3, 0.4) is 0 Å². The van der Waals surface area contributed by atoms with E-state index in [1.807, 2.05) is 0 Å². The Bertz CT molecular complexity index is 398. The number of hydrogen-bond donors (Lipinski definition) is 0. The lowest BCUT2D eigenvalue weighted by Gasteiger charge is -2.31. The van der Waals surface area contributed by atoms with Crippen LogP contribution >= 0.6 is 15.9 Å². The first-order chi connectivity index (χ1) is 10.1. The highest BCUT2D eigenvalue weighted by Crippen LogP contribution is 2.42. The summed E-state index contributed by atoms with van der Waals surface area (Å²) in [6.45, 7) is 6.83. The van der Waals surface area contributed by atoms with Gasteiger partial charge in [-0.3, -0.25) is 0 Å². The van der Waals surface area contributed by atoms with Crippen molar-refractivity contribution in [3.05, 3.63) is 35.4 Å². The van der Waals surface area contributed by atoms with Crippen molar-refractivity contribution >= 4 is 15.9 Å². The van der Waals surface area contributed by atoms with Crippen LogP contribution in [0.1, 0.15) is 87.6 Å². The van der Waals surface area contributed by atoms with E-state index in [9.17, 15) is 0 Å². The van der Waals surface area contributed by atoms with Crippen LogP contribution in [0.5, 0.6) is 0 Å². The summed E-state index contributed by atoms with van der Waals surface area (Å²) >= 11 is 3.98. The third kappa shape index (κ3) is 4.84. The van der Waals surface area contributed by atoms with Crippen LogP contribution in [0.15, 0.2) is 24.3 Å². The molecule has 0 spiro atoms. The van der Waals surface area contributed by atoms with Gasteiger partial charge in [-0.25, -0.2) is 0 Å². The molecule has 1 aromatic carbocycles. The number of hydrogen-bond acceptors (Lipinski definition) is 0. The second kappa shape index (κ2) is 8.36. The molecule has 0 heterocycles. The predicted molar refractivity (Wildman–Crippen MR) is 97.2 cm³/mol. The summed E-state index contributed by atoms with van der Waals surface area (Å²) in [4.78, 5) is 0.547. The quantitative estimate of drug-likeness (QED) is 0.474. The first kappa shape index (κ1) is 17.1. The van der Waals surface area contributed by atoms with Crippen molar-refractivity contribution in [1.29, 1.82) is 0 Å². The molecule has 0 N–H and O–H groups in total. The molecule has 0 aliphatic heterocycles. The van der Waals surface area contributed by atoms with E-state index < -0.39 is 0 Å². The van der Waals surface area contributed by atoms with Crippen LogP contribution in [0.25, 0.3) is 0 Å². The summed E-state index contributed by atoms with van der Waals surface area (Å²) < 4.78 is 0. The third-order valence-electron chi connectivity index (χ3n) is 5.19. The zero-order valence-electron chi connectivity index (χ0n) is 13.9. The molecule has 0 aromatic heterocycles. The monoisotopic (exact) mass is 350 g/mol. The summed E-state index contributed by atoms with van der Waals surface area (Å²) in [5, 5.41) is 0. The second-order valence-corrected chi connectivity index (χ2v) is 8.13. The molecule has 1 atom stereocenters. The fourth-order valence-electron chi connectivity index (χ4n) is 3.60. The molecule has 0 saturated heterocycles. The fraction of sp³-hybridized carbons (Fsp3) is 0.700. The normalized spacial score (nSPS) is 24.2. The molecule has 1 heteroatoms. The highest BCUT2D eigenvalue weighted by Gasteiger charge is 2.26. The van der Waals surface area contributed by atoms with Gasteiger partial charge in [-0.2, -0.15) is 0 Å². The minimum Gasteiger partial charge on any atom is -0.0836 e. The lowest BCUT2D eigenvalue weighted by molar-refractivity contribution is 0.257. The Morgan fingerprint density at radius 2 is 1.57 bits per heavy atom. The van der Waals surface area contributed by atoms with Gasteiger partial charge in [0.1, 0.15) is 0 Å². The number of rotatable bonds is 6. The van der Waals surface area contributed by atoms with E-state index in [4.69, 9.17) is 0 Å². The summed E-state index contributed by atoms with van der Waals surface area (Å²) in [5.74, 6) is 2.46. The van der Waals surface area contributed by atoms with Crippen LogP contribution in [0.2, 0.25) is 0 Å². The van der Waals surface area contributed by atoms with E-state index in [1.165, 1.54) is 56.1 Å². The average molecular weight is 351 g/mol. The Hall–Kier alpha value is -0.300. The molecule has 1 unspecified atom stereocenters. The van der Waals surface area contributed by atoms with Gasteiger partial charge in [0.05, 0.1) is 0 Å². The summed E-state index contributed by atoms with van der Waals surface area (Å²) in [7, 11) is 0. The van der Waals surface area contributed by atoms with Crippen molar-refractivity contribution in [2.24, 2.45) is 11.8 Å². The Kier molecular flexibility index (Phi) is 6.79. The maximum absolute atomic E-state index is 3.98. The zero-order chi connectivity index (χ0) is 15.2. The zero-order valence-corrected chi connectivity index (χ0v) is 15.5. The minimum atomic E-state index is 0.547. The Balaban J connectivity index is 1.87. The first-order valence-corrected chi connectivity index (χ1v) is 9.77. The van der Waals surface area contributed by atoms with Gasteiger partial charge in [-0.1, -0.05) is 93.1 Å². The van der Waals surface area contributed by atoms with Gasteiger partial charge in [0, 0.05) is 4.83 Å². The van der Waals surface area contributed by atoms with Crippen LogP contribution < -0.4 is 0 Å². The van der Waals surface area contributed by atoms with Gasteiger partial charge in [0.2, 0.25) is 0 Å². The first-order valence-electron chi connectivity index (χ1n) is 8.85. The Morgan fingerprint density at radius 3 is 2.10 bits per heavy atom. The molecule has 0 radical (unpaired) electrons. The topological polar surface area (TPSA) is 0 Å². The molecule has 0 amide bonds. The van der Waals surface area contributed by atoms with Gasteiger partial charge in [-0.05, 0) is 41.7 Å². The largest absolute Gasteiger partial charge is 0.0836 e. The molecule has 0 nitrogen and oxygen atoms in total. The van der Waals surface area contributed by atoms with E-state index in [2.05, 4.69) is 61.0 Å². The molecule has 1 aliphatic carbocycles. The number of alkyl halides is 1. The van der Waals surface area contributed by atoms with Crippen LogP contribution in [-0.2, 0) is 0 Å². The van der Waals surface area contributed by atoms with Crippen molar-refractivity contribution in [1.82, 2.24) is 0 Å². The molecular formula is C20H31Br. The molecule has 2 rings (SSSR count). The molecule has 21 heavy (non-hydrogen) atoms. The van der Waals surface area contributed by atoms with E-state index >= 15 is 0 Å². The molecule has 118 valence electrons. The predicted octanol–water partition coefficient (Wildman–Crippen LogP) is 7.24.